The van der Waals surface area contributed by atoms with Gasteiger partial charge in [-0.1, -0.05) is 13.8 Å². The third-order valence-corrected chi connectivity index (χ3v) is 2.18. The molecule has 0 amide bonds. The van der Waals surface area contributed by atoms with Gasteiger partial charge in [-0.05, 0) is 24.5 Å². The molecule has 0 aliphatic rings. The van der Waals surface area contributed by atoms with Crippen molar-refractivity contribution < 1.29 is 0 Å². The summed E-state index contributed by atoms with van der Waals surface area (Å²) in [6.45, 7) is 4.37. The van der Waals surface area contributed by atoms with E-state index in [1.165, 1.54) is 12.0 Å². The van der Waals surface area contributed by atoms with Gasteiger partial charge in [-0.2, -0.15) is 5.10 Å². The molecule has 0 atom stereocenters. The van der Waals surface area contributed by atoms with Crippen LogP contribution >= 0.6 is 0 Å². The van der Waals surface area contributed by atoms with Crippen LogP contribution in [0.25, 0.3) is 5.52 Å². The number of anilines is 1. The highest BCUT2D eigenvalue weighted by Crippen LogP contribution is 2.15. The van der Waals surface area contributed by atoms with Crippen molar-refractivity contribution in [2.45, 2.75) is 20.3 Å². The summed E-state index contributed by atoms with van der Waals surface area (Å²) in [5.41, 5.74) is 7.80. The molecule has 0 saturated carbocycles. The maximum absolute atomic E-state index is 5.73. The SMILES string of the molecule is CC(C)Cc1ccc2c(N)ncnn12. The minimum atomic E-state index is 0.537. The predicted molar refractivity (Wildman–Crippen MR) is 55.9 cm³/mol. The normalized spacial score (nSPS) is 11.4. The minimum Gasteiger partial charge on any atom is -0.382 e. The van der Waals surface area contributed by atoms with Crippen molar-refractivity contribution in [3.63, 3.8) is 0 Å². The fourth-order valence-electron chi connectivity index (χ4n) is 1.58. The zero-order valence-electron chi connectivity index (χ0n) is 8.44. The Balaban J connectivity index is 2.52. The predicted octanol–water partition coefficient (Wildman–Crippen LogP) is 1.51. The van der Waals surface area contributed by atoms with Gasteiger partial charge in [-0.3, -0.25) is 0 Å². The molecule has 74 valence electrons. The number of aromatic nitrogens is 3. The van der Waals surface area contributed by atoms with Crippen molar-refractivity contribution in [1.29, 1.82) is 0 Å². The number of nitrogens with zero attached hydrogens (tertiary/aromatic N) is 3. The second kappa shape index (κ2) is 3.29. The van der Waals surface area contributed by atoms with Gasteiger partial charge in [0.25, 0.3) is 0 Å². The molecule has 0 radical (unpaired) electrons. The number of rotatable bonds is 2. The summed E-state index contributed by atoms with van der Waals surface area (Å²) in [5, 5.41) is 4.18. The topological polar surface area (TPSA) is 56.2 Å². The summed E-state index contributed by atoms with van der Waals surface area (Å²) in [5.74, 6) is 1.15. The molecule has 0 unspecified atom stereocenters. The van der Waals surface area contributed by atoms with Crippen LogP contribution in [0.4, 0.5) is 5.82 Å². The summed E-state index contributed by atoms with van der Waals surface area (Å²) in [6.07, 6.45) is 2.50. The van der Waals surface area contributed by atoms with E-state index >= 15 is 0 Å². The average molecular weight is 190 g/mol. The highest BCUT2D eigenvalue weighted by atomic mass is 15.2. The number of hydrogen-bond donors (Lipinski definition) is 1. The lowest BCUT2D eigenvalue weighted by atomic mass is 10.1. The summed E-state index contributed by atoms with van der Waals surface area (Å²) < 4.78 is 1.86. The van der Waals surface area contributed by atoms with E-state index in [0.717, 1.165) is 11.9 Å². The van der Waals surface area contributed by atoms with Crippen molar-refractivity contribution in [2.24, 2.45) is 5.92 Å². The van der Waals surface area contributed by atoms with Gasteiger partial charge < -0.3 is 5.73 Å². The fraction of sp³-hybridized carbons (Fsp3) is 0.400. The molecule has 2 aromatic rings. The van der Waals surface area contributed by atoms with Gasteiger partial charge in [0, 0.05) is 5.69 Å². The lowest BCUT2D eigenvalue weighted by Gasteiger charge is -2.04. The van der Waals surface area contributed by atoms with E-state index in [1.807, 2.05) is 10.6 Å². The summed E-state index contributed by atoms with van der Waals surface area (Å²) in [6, 6.07) is 4.02. The monoisotopic (exact) mass is 190 g/mol. The highest BCUT2D eigenvalue weighted by molar-refractivity contribution is 5.65. The Labute approximate surface area is 82.8 Å². The van der Waals surface area contributed by atoms with Gasteiger partial charge in [0.2, 0.25) is 0 Å². The number of nitrogen functional groups attached to an aromatic ring is 1. The van der Waals surface area contributed by atoms with Crippen LogP contribution in [0.5, 0.6) is 0 Å². The zero-order chi connectivity index (χ0) is 10.1. The Hall–Kier alpha value is -1.58. The van der Waals surface area contributed by atoms with Crippen molar-refractivity contribution >= 4 is 11.3 Å². The van der Waals surface area contributed by atoms with Crippen LogP contribution < -0.4 is 5.73 Å². The van der Waals surface area contributed by atoms with Gasteiger partial charge in [0.1, 0.15) is 11.8 Å². The third kappa shape index (κ3) is 1.43. The second-order valence-electron chi connectivity index (χ2n) is 3.86. The molecule has 0 spiro atoms. The van der Waals surface area contributed by atoms with E-state index in [2.05, 4.69) is 30.0 Å². The molecule has 0 bridgehead atoms. The lowest BCUT2D eigenvalue weighted by Crippen LogP contribution is -2.04. The molecule has 4 heteroatoms. The molecule has 0 aromatic carbocycles. The van der Waals surface area contributed by atoms with Crippen molar-refractivity contribution in [3.8, 4) is 0 Å². The third-order valence-electron chi connectivity index (χ3n) is 2.18. The molecule has 0 saturated heterocycles. The fourth-order valence-corrected chi connectivity index (χ4v) is 1.58. The van der Waals surface area contributed by atoms with Gasteiger partial charge in [-0.15, -0.1) is 0 Å². The van der Waals surface area contributed by atoms with Gasteiger partial charge >= 0.3 is 0 Å². The standard InChI is InChI=1S/C10H14N4/c1-7(2)5-8-3-4-9-10(11)12-6-13-14(8)9/h3-4,6-7H,5H2,1-2H3,(H2,11,12,13). The zero-order valence-corrected chi connectivity index (χ0v) is 8.44. The molecule has 2 N–H and O–H groups in total. The summed E-state index contributed by atoms with van der Waals surface area (Å²) >= 11 is 0. The van der Waals surface area contributed by atoms with E-state index in [1.54, 1.807) is 0 Å². The molecule has 4 nitrogen and oxygen atoms in total. The van der Waals surface area contributed by atoms with Gasteiger partial charge in [0.05, 0.1) is 0 Å². The molecular weight excluding hydrogens is 176 g/mol. The van der Waals surface area contributed by atoms with Crippen LogP contribution in [-0.4, -0.2) is 14.6 Å². The second-order valence-corrected chi connectivity index (χ2v) is 3.86. The smallest absolute Gasteiger partial charge is 0.151 e. The van der Waals surface area contributed by atoms with Crippen LogP contribution in [0.3, 0.4) is 0 Å². The first-order chi connectivity index (χ1) is 6.68. The maximum Gasteiger partial charge on any atom is 0.151 e. The minimum absolute atomic E-state index is 0.537. The van der Waals surface area contributed by atoms with Gasteiger partial charge in [-0.25, -0.2) is 9.50 Å². The lowest BCUT2D eigenvalue weighted by molar-refractivity contribution is 0.621. The van der Waals surface area contributed by atoms with Crippen molar-refractivity contribution in [1.82, 2.24) is 14.6 Å². The average Bonchev–Trinajstić information content (AvgIpc) is 2.49. The van der Waals surface area contributed by atoms with Crippen molar-refractivity contribution in [3.05, 3.63) is 24.2 Å². The Morgan fingerprint density at radius 3 is 2.93 bits per heavy atom. The Morgan fingerprint density at radius 2 is 2.21 bits per heavy atom. The van der Waals surface area contributed by atoms with E-state index in [-0.39, 0.29) is 0 Å². The van der Waals surface area contributed by atoms with E-state index in [9.17, 15) is 0 Å². The number of fused-ring (bicyclic) bond motifs is 1. The summed E-state index contributed by atoms with van der Waals surface area (Å²) in [4.78, 5) is 3.95. The highest BCUT2D eigenvalue weighted by Gasteiger charge is 2.06. The van der Waals surface area contributed by atoms with E-state index in [0.29, 0.717) is 11.7 Å². The van der Waals surface area contributed by atoms with Crippen LogP contribution in [0, 0.1) is 5.92 Å². The molecule has 0 aliphatic carbocycles. The molecule has 2 aromatic heterocycles. The maximum atomic E-state index is 5.73. The molecular formula is C10H14N4. The number of hydrogen-bond acceptors (Lipinski definition) is 3. The van der Waals surface area contributed by atoms with Crippen LogP contribution in [0.15, 0.2) is 18.5 Å². The molecule has 0 fully saturated rings. The first kappa shape index (κ1) is 8.99. The quantitative estimate of drug-likeness (QED) is 0.781. The number of nitrogens with two attached hydrogens (primary N) is 1. The first-order valence-corrected chi connectivity index (χ1v) is 4.75. The molecule has 0 aliphatic heterocycles. The van der Waals surface area contributed by atoms with E-state index < -0.39 is 0 Å². The van der Waals surface area contributed by atoms with Crippen LogP contribution in [0.1, 0.15) is 19.5 Å². The first-order valence-electron chi connectivity index (χ1n) is 4.75. The van der Waals surface area contributed by atoms with Gasteiger partial charge in [0.15, 0.2) is 5.82 Å². The Morgan fingerprint density at radius 1 is 1.43 bits per heavy atom. The summed E-state index contributed by atoms with van der Waals surface area (Å²) in [7, 11) is 0. The Bertz CT molecular complexity index is 444. The largest absolute Gasteiger partial charge is 0.382 e. The van der Waals surface area contributed by atoms with Crippen molar-refractivity contribution in [2.75, 3.05) is 5.73 Å². The molecule has 2 rings (SSSR count). The Kier molecular flexibility index (Phi) is 2.11. The van der Waals surface area contributed by atoms with E-state index in [4.69, 9.17) is 5.73 Å². The molecule has 14 heavy (non-hydrogen) atoms. The van der Waals surface area contributed by atoms with Crippen LogP contribution in [-0.2, 0) is 6.42 Å². The molecule has 2 heterocycles. The van der Waals surface area contributed by atoms with Crippen LogP contribution in [0.2, 0.25) is 0 Å².